The van der Waals surface area contributed by atoms with E-state index in [-0.39, 0.29) is 10.6 Å². The van der Waals surface area contributed by atoms with Gasteiger partial charge >= 0.3 is 0 Å². The molecule has 30 heavy (non-hydrogen) atoms. The van der Waals surface area contributed by atoms with Gasteiger partial charge in [-0.05, 0) is 22.8 Å². The van der Waals surface area contributed by atoms with E-state index in [2.05, 4.69) is 30.3 Å². The number of imidazole rings is 1. The van der Waals surface area contributed by atoms with Crippen molar-refractivity contribution in [3.8, 4) is 33.5 Å². The van der Waals surface area contributed by atoms with Crippen molar-refractivity contribution >= 4 is 11.3 Å². The van der Waals surface area contributed by atoms with Gasteiger partial charge in [0, 0.05) is 35.7 Å². The number of hydrogen-bond donors (Lipinski definition) is 0. The van der Waals surface area contributed by atoms with Gasteiger partial charge in [0.2, 0.25) is 0 Å². The van der Waals surface area contributed by atoms with Gasteiger partial charge in [-0.25, -0.2) is 4.98 Å². The third-order valence-electron chi connectivity index (χ3n) is 5.10. The van der Waals surface area contributed by atoms with Crippen LogP contribution in [-0.4, -0.2) is 14.3 Å². The van der Waals surface area contributed by atoms with Crippen LogP contribution < -0.4 is 0 Å². The lowest BCUT2D eigenvalue weighted by Gasteiger charge is -2.09. The highest BCUT2D eigenvalue weighted by atomic mass is 16.6. The molecule has 0 aliphatic heterocycles. The van der Waals surface area contributed by atoms with Crippen molar-refractivity contribution in [1.82, 2.24) is 9.38 Å². The predicted molar refractivity (Wildman–Crippen MR) is 118 cm³/mol. The highest BCUT2D eigenvalue weighted by Gasteiger charge is 2.14. The maximum absolute atomic E-state index is 11.2. The summed E-state index contributed by atoms with van der Waals surface area (Å²) < 4.78 is 2.00. The second-order valence-corrected chi connectivity index (χ2v) is 7.04. The Kier molecular flexibility index (Phi) is 4.33. The molecule has 0 aliphatic rings. The topological polar surface area (TPSA) is 60.4 Å². The number of nitrogens with zero attached hydrogens (tertiary/aromatic N) is 3. The Morgan fingerprint density at radius 1 is 0.700 bits per heavy atom. The number of aromatic nitrogens is 2. The lowest BCUT2D eigenvalue weighted by molar-refractivity contribution is -0.384. The van der Waals surface area contributed by atoms with Crippen LogP contribution in [0.25, 0.3) is 39.2 Å². The monoisotopic (exact) mass is 391 g/mol. The molecule has 0 bridgehead atoms. The summed E-state index contributed by atoms with van der Waals surface area (Å²) in [6.07, 6.45) is 3.97. The van der Waals surface area contributed by atoms with E-state index in [1.807, 2.05) is 59.3 Å². The minimum absolute atomic E-state index is 0.0535. The summed E-state index contributed by atoms with van der Waals surface area (Å²) in [7, 11) is 0. The molecular weight excluding hydrogens is 374 g/mol. The molecule has 5 rings (SSSR count). The molecule has 0 aliphatic carbocycles. The van der Waals surface area contributed by atoms with Crippen LogP contribution in [0.5, 0.6) is 0 Å². The molecule has 144 valence electrons. The normalized spacial score (nSPS) is 10.9. The van der Waals surface area contributed by atoms with E-state index in [1.54, 1.807) is 12.1 Å². The lowest BCUT2D eigenvalue weighted by Crippen LogP contribution is -1.91. The molecule has 0 atom stereocenters. The number of nitro groups is 1. The van der Waals surface area contributed by atoms with E-state index in [9.17, 15) is 10.1 Å². The van der Waals surface area contributed by atoms with E-state index in [4.69, 9.17) is 4.98 Å². The molecule has 0 spiro atoms. The van der Waals surface area contributed by atoms with Crippen LogP contribution in [0.3, 0.4) is 0 Å². The van der Waals surface area contributed by atoms with Gasteiger partial charge in [-0.15, -0.1) is 0 Å². The van der Waals surface area contributed by atoms with Crippen molar-refractivity contribution in [2.24, 2.45) is 0 Å². The summed E-state index contributed by atoms with van der Waals surface area (Å²) in [5.74, 6) is 0. The fraction of sp³-hybridized carbons (Fsp3) is 0. The first-order valence-corrected chi connectivity index (χ1v) is 9.57. The average Bonchev–Trinajstić information content (AvgIpc) is 3.24. The van der Waals surface area contributed by atoms with Crippen LogP contribution in [-0.2, 0) is 0 Å². The van der Waals surface area contributed by atoms with Crippen molar-refractivity contribution < 1.29 is 4.92 Å². The molecule has 0 saturated carbocycles. The molecule has 0 unspecified atom stereocenters. The fourth-order valence-electron chi connectivity index (χ4n) is 3.63. The molecule has 5 nitrogen and oxygen atoms in total. The number of benzene rings is 3. The highest BCUT2D eigenvalue weighted by molar-refractivity contribution is 5.84. The molecular formula is C25H17N3O2. The fourth-order valence-corrected chi connectivity index (χ4v) is 3.63. The molecule has 0 saturated heterocycles. The molecule has 0 amide bonds. The number of rotatable bonds is 4. The first kappa shape index (κ1) is 17.8. The van der Waals surface area contributed by atoms with Crippen molar-refractivity contribution in [1.29, 1.82) is 0 Å². The Morgan fingerprint density at radius 2 is 1.37 bits per heavy atom. The van der Waals surface area contributed by atoms with Crippen LogP contribution >= 0.6 is 0 Å². The summed E-state index contributed by atoms with van der Waals surface area (Å²) >= 11 is 0. The third-order valence-corrected chi connectivity index (χ3v) is 5.10. The summed E-state index contributed by atoms with van der Waals surface area (Å²) in [6.45, 7) is 0. The molecule has 3 aromatic carbocycles. The molecule has 0 radical (unpaired) electrons. The maximum Gasteiger partial charge on any atom is 0.270 e. The van der Waals surface area contributed by atoms with Crippen molar-refractivity contribution in [3.63, 3.8) is 0 Å². The van der Waals surface area contributed by atoms with Crippen LogP contribution in [0, 0.1) is 10.1 Å². The average molecular weight is 391 g/mol. The van der Waals surface area contributed by atoms with Gasteiger partial charge in [-0.2, -0.15) is 0 Å². The number of hydrogen-bond acceptors (Lipinski definition) is 3. The quantitative estimate of drug-likeness (QED) is 0.269. The SMILES string of the molecule is O=[N+]([O-])c1cccc(-c2cn3cc(-c4ccccc4)cc(-c4ccccc4)c3n2)c1. The summed E-state index contributed by atoms with van der Waals surface area (Å²) in [5.41, 5.74) is 6.53. The van der Waals surface area contributed by atoms with Crippen LogP contribution in [0.15, 0.2) is 103 Å². The zero-order chi connectivity index (χ0) is 20.5. The Bertz CT molecular complexity index is 1360. The standard InChI is InChI=1S/C25H17N3O2/c29-28(30)22-13-7-12-20(14-22)24-17-27-16-21(18-8-3-1-4-9-18)15-23(25(27)26-24)19-10-5-2-6-11-19/h1-17H. The summed E-state index contributed by atoms with van der Waals surface area (Å²) in [5, 5.41) is 11.2. The Labute approximate surface area is 173 Å². The van der Waals surface area contributed by atoms with Crippen LogP contribution in [0.4, 0.5) is 5.69 Å². The highest BCUT2D eigenvalue weighted by Crippen LogP contribution is 2.32. The van der Waals surface area contributed by atoms with Gasteiger partial charge in [-0.3, -0.25) is 10.1 Å². The van der Waals surface area contributed by atoms with E-state index in [0.29, 0.717) is 11.3 Å². The molecule has 0 fully saturated rings. The van der Waals surface area contributed by atoms with Gasteiger partial charge in [0.05, 0.1) is 10.6 Å². The number of non-ortho nitro benzene ring substituents is 1. The van der Waals surface area contributed by atoms with Crippen molar-refractivity contribution in [2.75, 3.05) is 0 Å². The first-order valence-electron chi connectivity index (χ1n) is 9.57. The summed E-state index contributed by atoms with van der Waals surface area (Å²) in [4.78, 5) is 15.6. The molecule has 0 N–H and O–H groups in total. The van der Waals surface area contributed by atoms with Gasteiger partial charge in [0.25, 0.3) is 5.69 Å². The van der Waals surface area contributed by atoms with Crippen molar-refractivity contribution in [3.05, 3.63) is 114 Å². The van der Waals surface area contributed by atoms with E-state index in [0.717, 1.165) is 27.9 Å². The predicted octanol–water partition coefficient (Wildman–Crippen LogP) is 6.24. The molecule has 5 aromatic rings. The minimum Gasteiger partial charge on any atom is -0.305 e. The second-order valence-electron chi connectivity index (χ2n) is 7.04. The van der Waals surface area contributed by atoms with Crippen LogP contribution in [0.1, 0.15) is 0 Å². The summed E-state index contributed by atoms with van der Waals surface area (Å²) in [6, 6.07) is 29.0. The van der Waals surface area contributed by atoms with E-state index in [1.165, 1.54) is 6.07 Å². The Balaban J connectivity index is 1.74. The second kappa shape index (κ2) is 7.29. The number of pyridine rings is 1. The van der Waals surface area contributed by atoms with Crippen molar-refractivity contribution in [2.45, 2.75) is 0 Å². The zero-order valence-electron chi connectivity index (χ0n) is 16.0. The molecule has 5 heteroatoms. The Morgan fingerprint density at radius 3 is 2.07 bits per heavy atom. The Hall–Kier alpha value is -4.25. The van der Waals surface area contributed by atoms with Gasteiger partial charge in [0.1, 0.15) is 5.65 Å². The van der Waals surface area contributed by atoms with Gasteiger partial charge in [-0.1, -0.05) is 72.8 Å². The van der Waals surface area contributed by atoms with Gasteiger partial charge < -0.3 is 4.40 Å². The van der Waals surface area contributed by atoms with E-state index >= 15 is 0 Å². The number of nitro benzene ring substituents is 1. The molecule has 2 heterocycles. The van der Waals surface area contributed by atoms with Crippen LogP contribution in [0.2, 0.25) is 0 Å². The number of fused-ring (bicyclic) bond motifs is 1. The zero-order valence-corrected chi connectivity index (χ0v) is 16.0. The van der Waals surface area contributed by atoms with E-state index < -0.39 is 0 Å². The smallest absolute Gasteiger partial charge is 0.270 e. The molecule has 2 aromatic heterocycles. The largest absolute Gasteiger partial charge is 0.305 e. The first-order chi connectivity index (χ1) is 14.7. The third kappa shape index (κ3) is 3.22. The van der Waals surface area contributed by atoms with Gasteiger partial charge in [0.15, 0.2) is 0 Å². The maximum atomic E-state index is 11.2. The minimum atomic E-state index is -0.387. The lowest BCUT2D eigenvalue weighted by atomic mass is 10.0.